The molecule has 0 aliphatic heterocycles. The minimum Gasteiger partial charge on any atom is -0.465 e. The van der Waals surface area contributed by atoms with Gasteiger partial charge in [0.25, 0.3) is 0 Å². The molecular formula is C12H15N3O3. The molecule has 0 radical (unpaired) electrons. The smallest absolute Gasteiger partial charge is 0.404 e. The standard InChI is InChI=1S/C12H15N3O3/c16-11-14-9-5-1-2-6-10(9)15(11)8-4-3-7-13-12(17)18/h1-2,5-6,13H,3-4,7-8H2,(H,14,16)(H,17,18). The molecule has 0 atom stereocenters. The number of imidazole rings is 1. The fourth-order valence-corrected chi connectivity index (χ4v) is 1.92. The van der Waals surface area contributed by atoms with Crippen LogP contribution >= 0.6 is 0 Å². The number of carboxylic acid groups (broad SMARTS) is 1. The van der Waals surface area contributed by atoms with Crippen LogP contribution in [0.2, 0.25) is 0 Å². The molecular weight excluding hydrogens is 234 g/mol. The van der Waals surface area contributed by atoms with E-state index in [1.54, 1.807) is 4.57 Å². The third kappa shape index (κ3) is 2.71. The number of nitrogens with zero attached hydrogens (tertiary/aromatic N) is 1. The Hall–Kier alpha value is -2.24. The zero-order valence-electron chi connectivity index (χ0n) is 9.85. The van der Waals surface area contributed by atoms with Gasteiger partial charge in [0.05, 0.1) is 11.0 Å². The molecule has 1 aromatic heterocycles. The monoisotopic (exact) mass is 249 g/mol. The van der Waals surface area contributed by atoms with Gasteiger partial charge in [-0.25, -0.2) is 9.59 Å². The lowest BCUT2D eigenvalue weighted by atomic mass is 10.3. The zero-order chi connectivity index (χ0) is 13.0. The second-order valence-electron chi connectivity index (χ2n) is 4.04. The molecule has 0 bridgehead atoms. The molecule has 0 spiro atoms. The summed E-state index contributed by atoms with van der Waals surface area (Å²) in [7, 11) is 0. The molecule has 18 heavy (non-hydrogen) atoms. The first-order valence-electron chi connectivity index (χ1n) is 5.83. The van der Waals surface area contributed by atoms with Crippen LogP contribution in [0.3, 0.4) is 0 Å². The number of benzene rings is 1. The van der Waals surface area contributed by atoms with Crippen LogP contribution in [0, 0.1) is 0 Å². The predicted molar refractivity (Wildman–Crippen MR) is 67.8 cm³/mol. The van der Waals surface area contributed by atoms with Crippen LogP contribution in [0.1, 0.15) is 12.8 Å². The lowest BCUT2D eigenvalue weighted by Crippen LogP contribution is -2.22. The van der Waals surface area contributed by atoms with Gasteiger partial charge in [0.1, 0.15) is 0 Å². The third-order valence-corrected chi connectivity index (χ3v) is 2.77. The van der Waals surface area contributed by atoms with E-state index in [9.17, 15) is 9.59 Å². The van der Waals surface area contributed by atoms with E-state index in [4.69, 9.17) is 5.11 Å². The van der Waals surface area contributed by atoms with E-state index in [2.05, 4.69) is 10.3 Å². The number of fused-ring (bicyclic) bond motifs is 1. The number of unbranched alkanes of at least 4 members (excludes halogenated alkanes) is 1. The minimum atomic E-state index is -1.01. The van der Waals surface area contributed by atoms with Crippen LogP contribution in [-0.4, -0.2) is 27.3 Å². The van der Waals surface area contributed by atoms with Gasteiger partial charge in [-0.15, -0.1) is 0 Å². The zero-order valence-corrected chi connectivity index (χ0v) is 9.85. The molecule has 3 N–H and O–H groups in total. The van der Waals surface area contributed by atoms with Crippen molar-refractivity contribution in [1.29, 1.82) is 0 Å². The molecule has 0 unspecified atom stereocenters. The molecule has 96 valence electrons. The molecule has 2 aromatic rings. The van der Waals surface area contributed by atoms with E-state index >= 15 is 0 Å². The van der Waals surface area contributed by atoms with Crippen LogP contribution in [0.15, 0.2) is 29.1 Å². The summed E-state index contributed by atoms with van der Waals surface area (Å²) in [6.45, 7) is 0.997. The summed E-state index contributed by atoms with van der Waals surface area (Å²) in [5.74, 6) is 0. The van der Waals surface area contributed by atoms with Crippen LogP contribution in [0.5, 0.6) is 0 Å². The highest BCUT2D eigenvalue weighted by molar-refractivity contribution is 5.74. The van der Waals surface area contributed by atoms with E-state index in [1.165, 1.54) is 0 Å². The number of hydrogen-bond donors (Lipinski definition) is 3. The maximum Gasteiger partial charge on any atom is 0.404 e. The Morgan fingerprint density at radius 1 is 1.33 bits per heavy atom. The molecule has 1 amide bonds. The topological polar surface area (TPSA) is 87.1 Å². The van der Waals surface area contributed by atoms with Crippen LogP contribution in [0.4, 0.5) is 4.79 Å². The Morgan fingerprint density at radius 2 is 2.11 bits per heavy atom. The highest BCUT2D eigenvalue weighted by Crippen LogP contribution is 2.09. The first-order chi connectivity index (χ1) is 8.68. The summed E-state index contributed by atoms with van der Waals surface area (Å²) in [6, 6.07) is 7.51. The van der Waals surface area contributed by atoms with Crippen molar-refractivity contribution >= 4 is 17.1 Å². The van der Waals surface area contributed by atoms with Crippen molar-refractivity contribution in [3.05, 3.63) is 34.7 Å². The van der Waals surface area contributed by atoms with Crippen molar-refractivity contribution in [3.8, 4) is 0 Å². The minimum absolute atomic E-state index is 0.123. The summed E-state index contributed by atoms with van der Waals surface area (Å²) in [6.07, 6.45) is 0.444. The lowest BCUT2D eigenvalue weighted by Gasteiger charge is -2.03. The average Bonchev–Trinajstić information content (AvgIpc) is 2.65. The van der Waals surface area contributed by atoms with Gasteiger partial charge in [0.15, 0.2) is 0 Å². The summed E-state index contributed by atoms with van der Waals surface area (Å²) >= 11 is 0. The van der Waals surface area contributed by atoms with E-state index in [-0.39, 0.29) is 5.69 Å². The van der Waals surface area contributed by atoms with Gasteiger partial charge in [-0.05, 0) is 25.0 Å². The summed E-state index contributed by atoms with van der Waals surface area (Å²) in [5.41, 5.74) is 1.59. The Balaban J connectivity index is 1.97. The van der Waals surface area contributed by atoms with Crippen molar-refractivity contribution in [2.45, 2.75) is 19.4 Å². The van der Waals surface area contributed by atoms with Crippen molar-refractivity contribution in [2.75, 3.05) is 6.54 Å². The molecule has 0 saturated heterocycles. The molecule has 0 saturated carbocycles. The van der Waals surface area contributed by atoms with E-state index in [0.717, 1.165) is 17.5 Å². The van der Waals surface area contributed by atoms with Gasteiger partial charge in [-0.3, -0.25) is 4.57 Å². The number of nitrogens with one attached hydrogen (secondary N) is 2. The molecule has 0 aliphatic rings. The number of carbonyl (C=O) groups is 1. The second-order valence-corrected chi connectivity index (χ2v) is 4.04. The van der Waals surface area contributed by atoms with E-state index < -0.39 is 6.09 Å². The second kappa shape index (κ2) is 5.39. The number of hydrogen-bond acceptors (Lipinski definition) is 2. The van der Waals surface area contributed by atoms with Gasteiger partial charge >= 0.3 is 11.8 Å². The Bertz CT molecular complexity index is 600. The Kier molecular flexibility index (Phi) is 3.66. The summed E-state index contributed by atoms with van der Waals surface area (Å²) in [5, 5.41) is 10.7. The highest BCUT2D eigenvalue weighted by atomic mass is 16.4. The lowest BCUT2D eigenvalue weighted by molar-refractivity contribution is 0.194. The fraction of sp³-hybridized carbons (Fsp3) is 0.333. The number of para-hydroxylation sites is 2. The van der Waals surface area contributed by atoms with Crippen LogP contribution in [-0.2, 0) is 6.54 Å². The summed E-state index contributed by atoms with van der Waals surface area (Å²) < 4.78 is 1.68. The van der Waals surface area contributed by atoms with Crippen molar-refractivity contribution in [3.63, 3.8) is 0 Å². The fourth-order valence-electron chi connectivity index (χ4n) is 1.92. The van der Waals surface area contributed by atoms with Crippen molar-refractivity contribution in [2.24, 2.45) is 0 Å². The molecule has 2 rings (SSSR count). The predicted octanol–water partition coefficient (Wildman–Crippen LogP) is 1.38. The van der Waals surface area contributed by atoms with Gasteiger partial charge in [-0.1, -0.05) is 12.1 Å². The molecule has 0 fully saturated rings. The average molecular weight is 249 g/mol. The number of aryl methyl sites for hydroxylation is 1. The van der Waals surface area contributed by atoms with Gasteiger partial charge in [0, 0.05) is 13.1 Å². The largest absolute Gasteiger partial charge is 0.465 e. The maximum absolute atomic E-state index is 11.7. The van der Waals surface area contributed by atoms with Crippen molar-refractivity contribution in [1.82, 2.24) is 14.9 Å². The van der Waals surface area contributed by atoms with Gasteiger partial charge < -0.3 is 15.4 Å². The van der Waals surface area contributed by atoms with Gasteiger partial charge in [0.2, 0.25) is 0 Å². The Labute approximate surface area is 103 Å². The molecule has 0 aliphatic carbocycles. The first-order valence-corrected chi connectivity index (χ1v) is 5.83. The quantitative estimate of drug-likeness (QED) is 0.699. The molecule has 1 heterocycles. The number of H-pyrrole nitrogens is 1. The highest BCUT2D eigenvalue weighted by Gasteiger charge is 2.04. The Morgan fingerprint density at radius 3 is 2.89 bits per heavy atom. The number of aromatic amines is 1. The van der Waals surface area contributed by atoms with Crippen molar-refractivity contribution < 1.29 is 9.90 Å². The van der Waals surface area contributed by atoms with E-state index in [0.29, 0.717) is 19.5 Å². The summed E-state index contributed by atoms with van der Waals surface area (Å²) in [4.78, 5) is 24.7. The SMILES string of the molecule is O=C(O)NCCCCn1c(=O)[nH]c2ccccc21. The van der Waals surface area contributed by atoms with Crippen LogP contribution in [0.25, 0.3) is 11.0 Å². The normalized spacial score (nSPS) is 10.7. The number of amides is 1. The number of rotatable bonds is 5. The molecule has 1 aromatic carbocycles. The first kappa shape index (κ1) is 12.2. The molecule has 6 heteroatoms. The molecule has 6 nitrogen and oxygen atoms in total. The number of aromatic nitrogens is 2. The maximum atomic E-state index is 11.7. The van der Waals surface area contributed by atoms with E-state index in [1.807, 2.05) is 24.3 Å². The van der Waals surface area contributed by atoms with Crippen LogP contribution < -0.4 is 11.0 Å². The third-order valence-electron chi connectivity index (χ3n) is 2.77. The van der Waals surface area contributed by atoms with Gasteiger partial charge in [-0.2, -0.15) is 0 Å².